The summed E-state index contributed by atoms with van der Waals surface area (Å²) >= 11 is 6.08. The number of alkyl halides is 3. The highest BCUT2D eigenvalue weighted by atomic mass is 35.5. The number of nitrogens with zero attached hydrogens (tertiary/aromatic N) is 1. The topological polar surface area (TPSA) is 58.6 Å². The van der Waals surface area contributed by atoms with Gasteiger partial charge in [0.1, 0.15) is 0 Å². The van der Waals surface area contributed by atoms with Crippen LogP contribution in [0.25, 0.3) is 0 Å². The van der Waals surface area contributed by atoms with Gasteiger partial charge in [-0.25, -0.2) is 13.6 Å². The molecule has 1 aliphatic carbocycles. The molecule has 1 saturated heterocycles. The minimum atomic E-state index is -4.65. The average Bonchev–Trinajstić information content (AvgIpc) is 3.60. The van der Waals surface area contributed by atoms with E-state index < -0.39 is 51.8 Å². The third kappa shape index (κ3) is 4.06. The number of hydrogen-bond donors (Lipinski definition) is 1. The van der Waals surface area contributed by atoms with E-state index in [2.05, 4.69) is 5.32 Å². The molecule has 0 aromatic heterocycles. The Morgan fingerprint density at radius 1 is 1.20 bits per heavy atom. The van der Waals surface area contributed by atoms with Gasteiger partial charge < -0.3 is 15.0 Å². The summed E-state index contributed by atoms with van der Waals surface area (Å²) in [5, 5.41) is 2.59. The largest absolute Gasteiger partial charge is 0.450 e. The van der Waals surface area contributed by atoms with Gasteiger partial charge in [0.05, 0.1) is 22.1 Å². The second-order valence-electron chi connectivity index (χ2n) is 9.07. The molecular weight excluding hydrogens is 495 g/mol. The zero-order valence-corrected chi connectivity index (χ0v) is 19.0. The Balaban J connectivity index is 1.51. The quantitative estimate of drug-likeness (QED) is 0.470. The number of carbonyl (C=O) groups excluding carboxylic acids is 2. The molecule has 2 atom stereocenters. The van der Waals surface area contributed by atoms with Crippen molar-refractivity contribution in [3.8, 4) is 0 Å². The number of benzene rings is 2. The van der Waals surface area contributed by atoms with Crippen molar-refractivity contribution in [3.05, 3.63) is 69.2 Å². The summed E-state index contributed by atoms with van der Waals surface area (Å²) in [6, 6.07) is 4.98. The Morgan fingerprint density at radius 2 is 1.91 bits per heavy atom. The zero-order chi connectivity index (χ0) is 25.1. The van der Waals surface area contributed by atoms with Crippen LogP contribution in [0.5, 0.6) is 0 Å². The normalized spacial score (nSPS) is 23.8. The lowest BCUT2D eigenvalue weighted by Gasteiger charge is -2.42. The maximum absolute atomic E-state index is 14.2. The lowest BCUT2D eigenvalue weighted by atomic mass is 9.75. The van der Waals surface area contributed by atoms with Crippen LogP contribution in [0.2, 0.25) is 5.02 Å². The van der Waals surface area contributed by atoms with Crippen molar-refractivity contribution in [1.82, 2.24) is 10.2 Å². The predicted molar refractivity (Wildman–Crippen MR) is 114 cm³/mol. The van der Waals surface area contributed by atoms with Gasteiger partial charge in [0.25, 0.3) is 0 Å². The third-order valence-corrected chi connectivity index (χ3v) is 7.34. The van der Waals surface area contributed by atoms with Gasteiger partial charge in [-0.2, -0.15) is 13.2 Å². The van der Waals surface area contributed by atoms with Gasteiger partial charge in [-0.3, -0.25) is 4.79 Å². The monoisotopic (exact) mass is 514 g/mol. The number of esters is 1. The Kier molecular flexibility index (Phi) is 5.79. The van der Waals surface area contributed by atoms with Gasteiger partial charge in [0.15, 0.2) is 17.2 Å². The van der Waals surface area contributed by atoms with Crippen molar-refractivity contribution in [2.45, 2.75) is 43.6 Å². The molecule has 1 unspecified atom stereocenters. The van der Waals surface area contributed by atoms with Gasteiger partial charge in [-0.1, -0.05) is 23.7 Å². The van der Waals surface area contributed by atoms with Crippen LogP contribution in [0.15, 0.2) is 30.3 Å². The summed E-state index contributed by atoms with van der Waals surface area (Å²) in [6.07, 6.45) is -3.19. The number of hydrogen-bond acceptors (Lipinski definition) is 4. The van der Waals surface area contributed by atoms with Crippen molar-refractivity contribution in [2.24, 2.45) is 5.92 Å². The molecule has 1 amide bonds. The number of piperidine rings is 1. The number of rotatable bonds is 4. The van der Waals surface area contributed by atoms with E-state index in [1.807, 2.05) is 0 Å². The minimum absolute atomic E-state index is 0.0874. The van der Waals surface area contributed by atoms with Gasteiger partial charge in [0.2, 0.25) is 5.91 Å². The molecular formula is C24H20ClF5N2O3. The number of carbonyl (C=O) groups is 2. The van der Waals surface area contributed by atoms with Crippen LogP contribution in [0, 0.1) is 17.6 Å². The van der Waals surface area contributed by atoms with E-state index in [4.69, 9.17) is 16.3 Å². The Morgan fingerprint density at radius 3 is 2.60 bits per heavy atom. The van der Waals surface area contributed by atoms with E-state index in [0.29, 0.717) is 19.4 Å². The number of amides is 1. The molecule has 1 saturated carbocycles. The summed E-state index contributed by atoms with van der Waals surface area (Å²) in [5.41, 5.74) is -2.39. The fourth-order valence-corrected chi connectivity index (χ4v) is 5.30. The fraction of sp³-hybridized carbons (Fsp3) is 0.417. The second-order valence-corrected chi connectivity index (χ2v) is 9.45. The summed E-state index contributed by atoms with van der Waals surface area (Å²) in [6.45, 7) is 0.278. The van der Waals surface area contributed by atoms with Crippen molar-refractivity contribution < 1.29 is 36.3 Å². The summed E-state index contributed by atoms with van der Waals surface area (Å²) in [4.78, 5) is 27.9. The Bertz CT molecular complexity index is 1220. The zero-order valence-electron chi connectivity index (χ0n) is 18.2. The highest BCUT2D eigenvalue weighted by molar-refractivity contribution is 6.32. The molecule has 5 rings (SSSR count). The second kappa shape index (κ2) is 8.44. The predicted octanol–water partition coefficient (Wildman–Crippen LogP) is 4.80. The van der Waals surface area contributed by atoms with Crippen LogP contribution in [0.1, 0.15) is 46.3 Å². The number of halogens is 6. The van der Waals surface area contributed by atoms with Crippen LogP contribution in [-0.4, -0.2) is 35.9 Å². The van der Waals surface area contributed by atoms with Crippen molar-refractivity contribution in [2.75, 3.05) is 13.1 Å². The number of fused-ring (bicyclic) bond motifs is 2. The Labute approximate surface area is 202 Å². The molecule has 3 aliphatic rings. The lowest BCUT2D eigenvalue weighted by Crippen LogP contribution is -2.55. The standard InChI is InChI=1S/C24H20ClF5N2O3/c25-20-12(2-1-3-15(20)24(28,29)30)11-32(13-4-5-13)21(33)17-10-31-7-6-23(17)16-9-19(27)18(26)8-14(16)22(34)35-23/h1-3,8-9,13,17,31H,4-7,10-11H2/t17-,23?/m1/s1. The first kappa shape index (κ1) is 24.0. The fourth-order valence-electron chi connectivity index (χ4n) is 5.01. The maximum atomic E-state index is 14.2. The highest BCUT2D eigenvalue weighted by Gasteiger charge is 2.57. The van der Waals surface area contributed by atoms with E-state index in [0.717, 1.165) is 18.2 Å². The molecule has 2 fully saturated rings. The van der Waals surface area contributed by atoms with Crippen molar-refractivity contribution >= 4 is 23.5 Å². The molecule has 0 radical (unpaired) electrons. The average molecular weight is 515 g/mol. The highest BCUT2D eigenvalue weighted by Crippen LogP contribution is 2.48. The van der Waals surface area contributed by atoms with E-state index >= 15 is 0 Å². The molecule has 2 heterocycles. The molecule has 11 heteroatoms. The van der Waals surface area contributed by atoms with E-state index in [-0.39, 0.29) is 42.2 Å². The van der Waals surface area contributed by atoms with Crippen LogP contribution in [0.3, 0.4) is 0 Å². The molecule has 1 N–H and O–H groups in total. The lowest BCUT2D eigenvalue weighted by molar-refractivity contribution is -0.149. The number of ether oxygens (including phenoxy) is 1. The van der Waals surface area contributed by atoms with Crippen LogP contribution in [-0.2, 0) is 27.9 Å². The van der Waals surface area contributed by atoms with E-state index in [9.17, 15) is 31.5 Å². The molecule has 5 nitrogen and oxygen atoms in total. The van der Waals surface area contributed by atoms with Gasteiger partial charge in [-0.15, -0.1) is 0 Å². The van der Waals surface area contributed by atoms with Crippen LogP contribution >= 0.6 is 11.6 Å². The van der Waals surface area contributed by atoms with Gasteiger partial charge >= 0.3 is 12.1 Å². The van der Waals surface area contributed by atoms with Crippen LogP contribution < -0.4 is 5.32 Å². The molecule has 2 aliphatic heterocycles. The Hall–Kier alpha value is -2.72. The van der Waals surface area contributed by atoms with Gasteiger partial charge in [0, 0.05) is 31.1 Å². The summed E-state index contributed by atoms with van der Waals surface area (Å²) < 4.78 is 73.7. The van der Waals surface area contributed by atoms with E-state index in [1.165, 1.54) is 17.0 Å². The van der Waals surface area contributed by atoms with Crippen LogP contribution in [0.4, 0.5) is 22.0 Å². The SMILES string of the molecule is O=C1OC2(CCNC[C@@H]2C(=O)N(Cc2cccc(C(F)(F)F)c2Cl)C2CC2)c2cc(F)c(F)cc21. The molecule has 2 aromatic rings. The van der Waals surface area contributed by atoms with Crippen molar-refractivity contribution in [3.63, 3.8) is 0 Å². The summed E-state index contributed by atoms with van der Waals surface area (Å²) in [5.74, 6) is -4.66. The minimum Gasteiger partial charge on any atom is -0.450 e. The summed E-state index contributed by atoms with van der Waals surface area (Å²) in [7, 11) is 0. The first-order chi connectivity index (χ1) is 16.5. The molecule has 1 spiro atoms. The number of nitrogens with one attached hydrogen (secondary N) is 1. The molecule has 2 aromatic carbocycles. The van der Waals surface area contributed by atoms with Crippen molar-refractivity contribution in [1.29, 1.82) is 0 Å². The molecule has 0 bridgehead atoms. The van der Waals surface area contributed by atoms with Gasteiger partial charge in [-0.05, 0) is 43.1 Å². The third-order valence-electron chi connectivity index (χ3n) is 6.89. The van der Waals surface area contributed by atoms with E-state index in [1.54, 1.807) is 0 Å². The maximum Gasteiger partial charge on any atom is 0.417 e. The first-order valence-electron chi connectivity index (χ1n) is 11.1. The molecule has 186 valence electrons. The first-order valence-corrected chi connectivity index (χ1v) is 11.5. The smallest absolute Gasteiger partial charge is 0.417 e. The molecule has 35 heavy (non-hydrogen) atoms.